The first-order chi connectivity index (χ1) is 9.13. The van der Waals surface area contributed by atoms with Crippen molar-refractivity contribution in [1.29, 1.82) is 0 Å². The van der Waals surface area contributed by atoms with Crippen molar-refractivity contribution in [3.8, 4) is 0 Å². The number of aryl methyl sites for hydroxylation is 1. The number of fused-ring (bicyclic) bond motifs is 1. The van der Waals surface area contributed by atoms with Crippen LogP contribution in [0.5, 0.6) is 0 Å². The smallest absolute Gasteiger partial charge is 0.225 e. The Hall–Kier alpha value is -1.17. The molecule has 0 amide bonds. The number of hydrogen-bond donors (Lipinski definition) is 0. The highest BCUT2D eigenvalue weighted by atomic mass is 35.5. The lowest BCUT2D eigenvalue weighted by molar-refractivity contribution is 0.905. The molecular formula is C13H12ClN3S2. The third-order valence-corrected chi connectivity index (χ3v) is 4.68. The zero-order valence-electron chi connectivity index (χ0n) is 10.6. The van der Waals surface area contributed by atoms with Crippen molar-refractivity contribution < 1.29 is 0 Å². The molecule has 0 bridgehead atoms. The van der Waals surface area contributed by atoms with Gasteiger partial charge in [0.1, 0.15) is 10.6 Å². The molecule has 0 N–H and O–H groups in total. The van der Waals surface area contributed by atoms with Crippen molar-refractivity contribution in [2.24, 2.45) is 0 Å². The van der Waals surface area contributed by atoms with Gasteiger partial charge in [0.15, 0.2) is 0 Å². The number of thiophene rings is 2. The molecule has 0 aliphatic carbocycles. The molecule has 6 heteroatoms. The molecule has 19 heavy (non-hydrogen) atoms. The van der Waals surface area contributed by atoms with Crippen LogP contribution in [0.3, 0.4) is 0 Å². The van der Waals surface area contributed by atoms with Crippen LogP contribution in [-0.2, 0) is 6.54 Å². The molecular weight excluding hydrogens is 298 g/mol. The molecule has 0 unspecified atom stereocenters. The molecule has 0 aliphatic heterocycles. The lowest BCUT2D eigenvalue weighted by Gasteiger charge is -2.18. The first-order valence-corrected chi connectivity index (χ1v) is 7.93. The van der Waals surface area contributed by atoms with E-state index >= 15 is 0 Å². The lowest BCUT2D eigenvalue weighted by atomic mass is 10.3. The summed E-state index contributed by atoms with van der Waals surface area (Å²) in [6.45, 7) is 2.89. The lowest BCUT2D eigenvalue weighted by Crippen LogP contribution is -2.17. The third kappa shape index (κ3) is 2.59. The minimum Gasteiger partial charge on any atom is -0.355 e. The summed E-state index contributed by atoms with van der Waals surface area (Å²) in [5.74, 6) is 0.894. The van der Waals surface area contributed by atoms with Gasteiger partial charge in [0, 0.05) is 18.5 Å². The monoisotopic (exact) mass is 309 g/mol. The summed E-state index contributed by atoms with van der Waals surface area (Å²) in [5, 5.41) is 5.61. The van der Waals surface area contributed by atoms with E-state index < -0.39 is 0 Å². The molecule has 3 aromatic heterocycles. The number of rotatable bonds is 3. The average molecular weight is 310 g/mol. The van der Waals surface area contributed by atoms with E-state index in [-0.39, 0.29) is 0 Å². The normalized spacial score (nSPS) is 11.1. The molecule has 0 saturated carbocycles. The van der Waals surface area contributed by atoms with Crippen LogP contribution >= 0.6 is 34.3 Å². The largest absolute Gasteiger partial charge is 0.355 e. The van der Waals surface area contributed by atoms with Gasteiger partial charge in [-0.3, -0.25) is 0 Å². The van der Waals surface area contributed by atoms with E-state index in [4.69, 9.17) is 11.6 Å². The molecule has 3 aromatic rings. The fraction of sp³-hybridized carbons (Fsp3) is 0.231. The van der Waals surface area contributed by atoms with Gasteiger partial charge in [-0.05, 0) is 47.0 Å². The molecule has 0 atom stereocenters. The fourth-order valence-electron chi connectivity index (χ4n) is 2.02. The molecule has 3 nitrogen and oxygen atoms in total. The summed E-state index contributed by atoms with van der Waals surface area (Å²) < 4.78 is 0. The molecule has 0 spiro atoms. The standard InChI is InChI=1S/C13H12ClN3S2/c1-8-5-10-11(15-13(14)16-12(10)19-8)17(2)6-9-3-4-18-7-9/h3-5,7H,6H2,1-2H3. The molecule has 0 aliphatic rings. The Bertz CT molecular complexity index is 706. The number of aromatic nitrogens is 2. The summed E-state index contributed by atoms with van der Waals surface area (Å²) in [7, 11) is 2.03. The van der Waals surface area contributed by atoms with Crippen molar-refractivity contribution in [3.63, 3.8) is 0 Å². The number of hydrogen-bond acceptors (Lipinski definition) is 5. The molecule has 0 aromatic carbocycles. The minimum absolute atomic E-state index is 0.307. The van der Waals surface area contributed by atoms with E-state index in [1.807, 2.05) is 7.05 Å². The van der Waals surface area contributed by atoms with Crippen LogP contribution in [0.4, 0.5) is 5.82 Å². The molecule has 0 radical (unpaired) electrons. The summed E-state index contributed by atoms with van der Waals surface area (Å²) in [4.78, 5) is 13.0. The van der Waals surface area contributed by atoms with Gasteiger partial charge in [0.2, 0.25) is 5.28 Å². The van der Waals surface area contributed by atoms with Crippen molar-refractivity contribution in [2.75, 3.05) is 11.9 Å². The maximum atomic E-state index is 6.02. The zero-order chi connectivity index (χ0) is 13.4. The quantitative estimate of drug-likeness (QED) is 0.673. The van der Waals surface area contributed by atoms with Crippen LogP contribution in [-0.4, -0.2) is 17.0 Å². The Morgan fingerprint density at radius 3 is 2.95 bits per heavy atom. The predicted octanol–water partition coefficient (Wildman–Crippen LogP) is 4.35. The van der Waals surface area contributed by atoms with Gasteiger partial charge in [-0.1, -0.05) is 0 Å². The molecule has 3 rings (SSSR count). The molecule has 98 valence electrons. The highest BCUT2D eigenvalue weighted by molar-refractivity contribution is 7.18. The van der Waals surface area contributed by atoms with E-state index in [1.54, 1.807) is 22.7 Å². The van der Waals surface area contributed by atoms with Gasteiger partial charge in [0.25, 0.3) is 0 Å². The Morgan fingerprint density at radius 2 is 2.21 bits per heavy atom. The summed E-state index contributed by atoms with van der Waals surface area (Å²) in [6.07, 6.45) is 0. The minimum atomic E-state index is 0.307. The highest BCUT2D eigenvalue weighted by Crippen LogP contribution is 2.31. The van der Waals surface area contributed by atoms with Gasteiger partial charge in [-0.2, -0.15) is 16.3 Å². The topological polar surface area (TPSA) is 29.0 Å². The first-order valence-electron chi connectivity index (χ1n) is 5.79. The summed E-state index contributed by atoms with van der Waals surface area (Å²) in [6, 6.07) is 4.25. The van der Waals surface area contributed by atoms with Crippen LogP contribution in [0.25, 0.3) is 10.2 Å². The number of nitrogens with zero attached hydrogens (tertiary/aromatic N) is 3. The number of halogens is 1. The average Bonchev–Trinajstić information content (AvgIpc) is 2.96. The van der Waals surface area contributed by atoms with Crippen molar-refractivity contribution >= 4 is 50.3 Å². The second kappa shape index (κ2) is 5.07. The Balaban J connectivity index is 2.03. The van der Waals surface area contributed by atoms with Crippen LogP contribution in [0.15, 0.2) is 22.9 Å². The zero-order valence-corrected chi connectivity index (χ0v) is 12.9. The second-order valence-corrected chi connectivity index (χ2v) is 6.73. The fourth-order valence-corrected chi connectivity index (χ4v) is 3.77. The summed E-state index contributed by atoms with van der Waals surface area (Å²) in [5.41, 5.74) is 1.28. The highest BCUT2D eigenvalue weighted by Gasteiger charge is 2.13. The van der Waals surface area contributed by atoms with E-state index in [2.05, 4.69) is 44.7 Å². The maximum absolute atomic E-state index is 6.02. The van der Waals surface area contributed by atoms with E-state index in [1.165, 1.54) is 10.4 Å². The van der Waals surface area contributed by atoms with Gasteiger partial charge in [-0.25, -0.2) is 4.98 Å². The van der Waals surface area contributed by atoms with E-state index in [0.29, 0.717) is 5.28 Å². The SMILES string of the molecule is Cc1cc2c(N(C)Cc3ccsc3)nc(Cl)nc2s1. The maximum Gasteiger partial charge on any atom is 0.225 e. The van der Waals surface area contributed by atoms with Crippen molar-refractivity contribution in [2.45, 2.75) is 13.5 Å². The van der Waals surface area contributed by atoms with Crippen LogP contribution < -0.4 is 4.90 Å². The van der Waals surface area contributed by atoms with Gasteiger partial charge in [-0.15, -0.1) is 11.3 Å². The van der Waals surface area contributed by atoms with Crippen molar-refractivity contribution in [1.82, 2.24) is 9.97 Å². The van der Waals surface area contributed by atoms with Crippen LogP contribution in [0, 0.1) is 6.92 Å². The molecule has 3 heterocycles. The second-order valence-electron chi connectivity index (χ2n) is 4.38. The van der Waals surface area contributed by atoms with Crippen LogP contribution in [0.2, 0.25) is 5.28 Å². The molecule has 0 saturated heterocycles. The predicted molar refractivity (Wildman–Crippen MR) is 83.6 cm³/mol. The molecule has 0 fully saturated rings. The van der Waals surface area contributed by atoms with Crippen molar-refractivity contribution in [3.05, 3.63) is 38.6 Å². The first kappa shape index (κ1) is 12.8. The third-order valence-electron chi connectivity index (χ3n) is 2.83. The Labute approximate surface area is 124 Å². The Morgan fingerprint density at radius 1 is 1.37 bits per heavy atom. The van der Waals surface area contributed by atoms with E-state index in [0.717, 1.165) is 22.6 Å². The number of anilines is 1. The Kier molecular flexibility index (Phi) is 3.43. The summed E-state index contributed by atoms with van der Waals surface area (Å²) >= 11 is 9.37. The van der Waals surface area contributed by atoms with E-state index in [9.17, 15) is 0 Å². The van der Waals surface area contributed by atoms with Crippen LogP contribution in [0.1, 0.15) is 10.4 Å². The van der Waals surface area contributed by atoms with Gasteiger partial charge in [0.05, 0.1) is 5.39 Å². The van der Waals surface area contributed by atoms with Gasteiger partial charge < -0.3 is 4.90 Å². The van der Waals surface area contributed by atoms with Gasteiger partial charge >= 0.3 is 0 Å².